The number of carbonyl (C=O) groups is 7. The maximum atomic E-state index is 14.1. The van der Waals surface area contributed by atoms with Crippen LogP contribution in [-0.4, -0.2) is 129 Å². The summed E-state index contributed by atoms with van der Waals surface area (Å²) in [5.41, 5.74) is 39.4. The predicted octanol–water partition coefficient (Wildman–Crippen LogP) is -3.64. The van der Waals surface area contributed by atoms with Gasteiger partial charge < -0.3 is 77.4 Å². The third-order valence-corrected chi connectivity index (χ3v) is 10.5. The fraction of sp³-hybridized carbons (Fsp3) is 0.800. The van der Waals surface area contributed by atoms with E-state index in [4.69, 9.17) is 40.1 Å². The van der Waals surface area contributed by atoms with Gasteiger partial charge in [0.15, 0.2) is 5.96 Å². The van der Waals surface area contributed by atoms with Crippen molar-refractivity contribution in [3.63, 3.8) is 0 Å². The van der Waals surface area contributed by atoms with Crippen LogP contribution in [0.25, 0.3) is 0 Å². The molecule has 7 atom stereocenters. The van der Waals surface area contributed by atoms with Gasteiger partial charge in [-0.05, 0) is 141 Å². The van der Waals surface area contributed by atoms with Crippen LogP contribution in [0.3, 0.4) is 0 Å². The van der Waals surface area contributed by atoms with Gasteiger partial charge in [0.2, 0.25) is 41.4 Å². The lowest BCUT2D eigenvalue weighted by atomic mass is 10.0. The van der Waals surface area contributed by atoms with E-state index in [0.717, 1.165) is 6.42 Å². The molecule has 0 aromatic rings. The minimum absolute atomic E-state index is 0.0380. The lowest BCUT2D eigenvalue weighted by molar-refractivity contribution is -0.136. The van der Waals surface area contributed by atoms with Crippen LogP contribution in [0.5, 0.6) is 0 Å². The van der Waals surface area contributed by atoms with Gasteiger partial charge in [0.1, 0.15) is 36.3 Å². The highest BCUT2D eigenvalue weighted by molar-refractivity contribution is 5.97. The number of primary amides is 1. The summed E-state index contributed by atoms with van der Waals surface area (Å²) in [5.74, 6) is -4.76. The first-order valence-electron chi connectivity index (χ1n) is 22.3. The van der Waals surface area contributed by atoms with Gasteiger partial charge in [0, 0.05) is 6.54 Å². The Balaban J connectivity index is 3.42. The average molecular weight is 882 g/mol. The lowest BCUT2D eigenvalue weighted by Crippen LogP contribution is -2.60. The number of aliphatic imine (C=N–C) groups is 1. The number of nitrogens with zero attached hydrogens (tertiary/aromatic N) is 1. The molecule has 1 aliphatic rings. The monoisotopic (exact) mass is 882 g/mol. The van der Waals surface area contributed by atoms with Crippen LogP contribution in [0.4, 0.5) is 0 Å². The van der Waals surface area contributed by atoms with E-state index in [9.17, 15) is 33.6 Å². The summed E-state index contributed by atoms with van der Waals surface area (Å²) >= 11 is 0. The van der Waals surface area contributed by atoms with Crippen LogP contribution in [0, 0.1) is 5.92 Å². The summed E-state index contributed by atoms with van der Waals surface area (Å²) < 4.78 is 0. The second-order valence-electron chi connectivity index (χ2n) is 16.2. The van der Waals surface area contributed by atoms with E-state index in [0.29, 0.717) is 96.9 Å². The zero-order chi connectivity index (χ0) is 46.5. The van der Waals surface area contributed by atoms with E-state index in [-0.39, 0.29) is 56.4 Å². The first-order chi connectivity index (χ1) is 29.6. The minimum atomic E-state index is -1.22. The molecule has 7 unspecified atom stereocenters. The van der Waals surface area contributed by atoms with E-state index >= 15 is 0 Å². The second-order valence-corrected chi connectivity index (χ2v) is 16.2. The van der Waals surface area contributed by atoms with E-state index in [2.05, 4.69) is 42.2 Å². The van der Waals surface area contributed by atoms with Crippen molar-refractivity contribution < 1.29 is 33.6 Å². The molecule has 0 saturated carbocycles. The van der Waals surface area contributed by atoms with E-state index < -0.39 is 77.7 Å². The van der Waals surface area contributed by atoms with Gasteiger partial charge >= 0.3 is 0 Å². The van der Waals surface area contributed by atoms with E-state index in [1.54, 1.807) is 13.8 Å². The maximum absolute atomic E-state index is 14.1. The van der Waals surface area contributed by atoms with Crippen molar-refractivity contribution in [3.8, 4) is 0 Å². The Morgan fingerprint density at radius 3 is 1.19 bits per heavy atom. The summed E-state index contributed by atoms with van der Waals surface area (Å²) in [6.07, 6.45) is 6.78. The summed E-state index contributed by atoms with van der Waals surface area (Å²) in [4.78, 5) is 98.6. The van der Waals surface area contributed by atoms with Gasteiger partial charge in [-0.2, -0.15) is 0 Å². The van der Waals surface area contributed by atoms with Crippen LogP contribution >= 0.6 is 0 Å². The molecule has 62 heavy (non-hydrogen) atoms. The molecular weight excluding hydrogens is 803 g/mol. The van der Waals surface area contributed by atoms with E-state index in [1.807, 2.05) is 0 Å². The third-order valence-electron chi connectivity index (χ3n) is 10.5. The van der Waals surface area contributed by atoms with Crippen LogP contribution in [0.15, 0.2) is 4.99 Å². The number of nitrogens with one attached hydrogen (secondary N) is 7. The molecule has 1 fully saturated rings. The van der Waals surface area contributed by atoms with Crippen LogP contribution in [-0.2, 0) is 33.6 Å². The molecule has 0 spiro atoms. The van der Waals surface area contributed by atoms with Crippen molar-refractivity contribution in [1.82, 2.24) is 37.2 Å². The van der Waals surface area contributed by atoms with Crippen molar-refractivity contribution in [3.05, 3.63) is 0 Å². The van der Waals surface area contributed by atoms with E-state index in [1.165, 1.54) is 0 Å². The number of hydrogen-bond acceptors (Lipinski definition) is 13. The number of rotatable bonds is 34. The number of hydrogen-bond donors (Lipinski definition) is 14. The Bertz CT molecular complexity index is 1410. The quantitative estimate of drug-likeness (QED) is 0.0169. The Hall–Kier alpha value is -4.64. The van der Waals surface area contributed by atoms with Crippen LogP contribution in [0.2, 0.25) is 0 Å². The average Bonchev–Trinajstić information content (AvgIpc) is 3.77. The number of guanidine groups is 1. The summed E-state index contributed by atoms with van der Waals surface area (Å²) in [6.45, 7) is 5.69. The lowest BCUT2D eigenvalue weighted by Gasteiger charge is -2.28. The molecule has 0 aliphatic carbocycles. The van der Waals surface area contributed by atoms with Gasteiger partial charge in [-0.3, -0.25) is 38.6 Å². The van der Waals surface area contributed by atoms with Gasteiger partial charge in [-0.15, -0.1) is 0 Å². The van der Waals surface area contributed by atoms with Crippen molar-refractivity contribution >= 4 is 47.3 Å². The molecular formula is C40H79N15O7. The molecule has 22 nitrogen and oxygen atoms in total. The smallest absolute Gasteiger partial charge is 0.243 e. The van der Waals surface area contributed by atoms with Gasteiger partial charge in [0.25, 0.3) is 0 Å². The Morgan fingerprint density at radius 1 is 0.532 bits per heavy atom. The van der Waals surface area contributed by atoms with Crippen LogP contribution < -0.4 is 77.4 Å². The molecule has 7 amide bonds. The van der Waals surface area contributed by atoms with Crippen molar-refractivity contribution in [2.45, 2.75) is 159 Å². The van der Waals surface area contributed by atoms with Gasteiger partial charge in [0.05, 0.1) is 6.04 Å². The third kappa shape index (κ3) is 22.5. The second kappa shape index (κ2) is 32.1. The fourth-order valence-electron chi connectivity index (χ4n) is 6.91. The molecule has 1 saturated heterocycles. The molecule has 0 bridgehead atoms. The molecule has 1 aliphatic heterocycles. The van der Waals surface area contributed by atoms with Crippen molar-refractivity contribution in [2.75, 3.05) is 39.3 Å². The first-order valence-corrected chi connectivity index (χ1v) is 22.3. The predicted molar refractivity (Wildman–Crippen MR) is 238 cm³/mol. The topological polar surface area (TPSA) is 398 Å². The molecule has 1 heterocycles. The molecule has 0 aromatic heterocycles. The van der Waals surface area contributed by atoms with Crippen LogP contribution in [0.1, 0.15) is 117 Å². The summed E-state index contributed by atoms with van der Waals surface area (Å²) in [6, 6.07) is -6.95. The Morgan fingerprint density at radius 2 is 0.887 bits per heavy atom. The SMILES string of the molecule is CC(C)C(NC(=O)C(CCCCN)NC(=O)C(CCCN=C(N)N)NC(=O)C(CCCCN)NC(=O)C(CCCCN)NC(=O)C(CCCCN)NC(=O)C1CCCN1)C(N)=O. The van der Waals surface area contributed by atoms with Gasteiger partial charge in [-0.25, -0.2) is 0 Å². The molecule has 1 rings (SSSR count). The Labute approximate surface area is 366 Å². The summed E-state index contributed by atoms with van der Waals surface area (Å²) in [5, 5.41) is 19.7. The number of amides is 7. The first kappa shape index (κ1) is 55.4. The maximum Gasteiger partial charge on any atom is 0.243 e. The molecule has 0 radical (unpaired) electrons. The van der Waals surface area contributed by atoms with Crippen molar-refractivity contribution in [2.24, 2.45) is 51.0 Å². The normalized spacial score (nSPS) is 16.5. The fourth-order valence-corrected chi connectivity index (χ4v) is 6.91. The molecule has 0 aromatic carbocycles. The molecule has 21 N–H and O–H groups in total. The number of carbonyl (C=O) groups excluding carboxylic acids is 7. The minimum Gasteiger partial charge on any atom is -0.370 e. The Kier molecular flexibility index (Phi) is 28.7. The highest BCUT2D eigenvalue weighted by Crippen LogP contribution is 2.12. The largest absolute Gasteiger partial charge is 0.370 e. The number of nitrogens with two attached hydrogens (primary N) is 7. The highest BCUT2D eigenvalue weighted by Gasteiger charge is 2.34. The van der Waals surface area contributed by atoms with Crippen molar-refractivity contribution in [1.29, 1.82) is 0 Å². The zero-order valence-corrected chi connectivity index (χ0v) is 37.0. The highest BCUT2D eigenvalue weighted by atomic mass is 16.2. The standard InChI is InChI=1S/C40H79N15O7/c1-25(2)32(33(45)56)55-39(62)30(16-6-10-22-44)53-38(61)31(18-12-24-49-40(46)47)54-37(60)29(15-5-9-21-43)52-36(59)28(14-4-8-20-42)51-35(58)27(13-3-7-19-41)50-34(57)26-17-11-23-48-26/h25-32,48H,3-24,41-44H2,1-2H3,(H2,45,56)(H,50,57)(H,51,58)(H,52,59)(H,53,61)(H,54,60)(H,55,62)(H4,46,47,49). The molecule has 356 valence electrons. The zero-order valence-electron chi connectivity index (χ0n) is 37.0. The summed E-state index contributed by atoms with van der Waals surface area (Å²) in [7, 11) is 0. The number of unbranched alkanes of at least 4 members (excludes halogenated alkanes) is 4. The molecule has 22 heteroatoms. The van der Waals surface area contributed by atoms with Gasteiger partial charge in [-0.1, -0.05) is 13.8 Å².